The lowest BCUT2D eigenvalue weighted by Gasteiger charge is -2.25. The fourth-order valence-corrected chi connectivity index (χ4v) is 2.79. The molecule has 0 spiro atoms. The highest BCUT2D eigenvalue weighted by Gasteiger charge is 2.13. The molecule has 1 heterocycles. The molecule has 0 radical (unpaired) electrons. The van der Waals surface area contributed by atoms with Gasteiger partial charge in [-0.2, -0.15) is 10.4 Å². The minimum Gasteiger partial charge on any atom is -0.321 e. The standard InChI is InChI=1S/C17H15N5S/c18-11-12-23-17-19-13-20-22(17)14-21(15-7-3-1-4-8-15)16-9-5-2-6-10-16/h1-10,13H,12,14H2. The number of nitriles is 1. The monoisotopic (exact) mass is 321 g/mol. The van der Waals surface area contributed by atoms with Crippen molar-refractivity contribution in [1.82, 2.24) is 14.8 Å². The van der Waals surface area contributed by atoms with Crippen molar-refractivity contribution < 1.29 is 0 Å². The molecule has 0 N–H and O–H groups in total. The maximum absolute atomic E-state index is 8.76. The molecule has 0 amide bonds. The van der Waals surface area contributed by atoms with Crippen molar-refractivity contribution in [3.05, 3.63) is 67.0 Å². The van der Waals surface area contributed by atoms with Crippen LogP contribution in [0.4, 0.5) is 11.4 Å². The van der Waals surface area contributed by atoms with E-state index in [1.807, 2.05) is 41.1 Å². The molecule has 3 aromatic rings. The maximum atomic E-state index is 8.76. The predicted octanol–water partition coefficient (Wildman–Crippen LogP) is 3.69. The second kappa shape index (κ2) is 7.47. The van der Waals surface area contributed by atoms with Crippen molar-refractivity contribution in [3.63, 3.8) is 0 Å². The zero-order chi connectivity index (χ0) is 15.9. The van der Waals surface area contributed by atoms with Crippen LogP contribution in [-0.4, -0.2) is 20.5 Å². The smallest absolute Gasteiger partial charge is 0.188 e. The van der Waals surface area contributed by atoms with Crippen LogP contribution >= 0.6 is 11.8 Å². The summed E-state index contributed by atoms with van der Waals surface area (Å²) in [6.07, 6.45) is 1.52. The fourth-order valence-electron chi connectivity index (χ4n) is 2.22. The van der Waals surface area contributed by atoms with E-state index in [0.29, 0.717) is 12.4 Å². The average molecular weight is 321 g/mol. The number of nitrogens with zero attached hydrogens (tertiary/aromatic N) is 5. The van der Waals surface area contributed by atoms with Crippen LogP contribution in [0.1, 0.15) is 0 Å². The third kappa shape index (κ3) is 3.71. The molecule has 6 heteroatoms. The number of benzene rings is 2. The molecule has 0 bridgehead atoms. The topological polar surface area (TPSA) is 57.7 Å². The second-order valence-electron chi connectivity index (χ2n) is 4.73. The first kappa shape index (κ1) is 15.1. The van der Waals surface area contributed by atoms with Gasteiger partial charge in [0.05, 0.1) is 11.8 Å². The van der Waals surface area contributed by atoms with Gasteiger partial charge in [0.15, 0.2) is 5.16 Å². The summed E-state index contributed by atoms with van der Waals surface area (Å²) >= 11 is 1.39. The van der Waals surface area contributed by atoms with Gasteiger partial charge in [0.2, 0.25) is 0 Å². The fraction of sp³-hybridized carbons (Fsp3) is 0.118. The third-order valence-electron chi connectivity index (χ3n) is 3.26. The summed E-state index contributed by atoms with van der Waals surface area (Å²) in [5, 5.41) is 13.8. The lowest BCUT2D eigenvalue weighted by molar-refractivity contribution is 0.568. The van der Waals surface area contributed by atoms with E-state index >= 15 is 0 Å². The Bertz CT molecular complexity index is 740. The Balaban J connectivity index is 1.91. The minimum absolute atomic E-state index is 0.357. The molecule has 0 saturated carbocycles. The first-order valence-electron chi connectivity index (χ1n) is 7.13. The molecule has 0 atom stereocenters. The van der Waals surface area contributed by atoms with E-state index in [1.54, 1.807) is 0 Å². The molecule has 0 aliphatic carbocycles. The molecule has 0 fully saturated rings. The van der Waals surface area contributed by atoms with Gasteiger partial charge in [0, 0.05) is 11.4 Å². The largest absolute Gasteiger partial charge is 0.321 e. The van der Waals surface area contributed by atoms with E-state index in [9.17, 15) is 0 Å². The molecule has 0 aliphatic heterocycles. The molecule has 0 unspecified atom stereocenters. The van der Waals surface area contributed by atoms with Crippen LogP contribution < -0.4 is 4.90 Å². The number of para-hydroxylation sites is 2. The van der Waals surface area contributed by atoms with Crippen LogP contribution in [0.2, 0.25) is 0 Å². The van der Waals surface area contributed by atoms with Gasteiger partial charge in [-0.05, 0) is 24.3 Å². The summed E-state index contributed by atoms with van der Waals surface area (Å²) in [7, 11) is 0. The van der Waals surface area contributed by atoms with Gasteiger partial charge in [-0.1, -0.05) is 48.2 Å². The van der Waals surface area contributed by atoms with Crippen LogP contribution in [0.5, 0.6) is 0 Å². The van der Waals surface area contributed by atoms with Crippen molar-refractivity contribution in [1.29, 1.82) is 5.26 Å². The molecule has 3 rings (SSSR count). The molecular weight excluding hydrogens is 306 g/mol. The highest BCUT2D eigenvalue weighted by molar-refractivity contribution is 7.99. The lowest BCUT2D eigenvalue weighted by Crippen LogP contribution is -2.22. The molecule has 2 aromatic carbocycles. The molecule has 0 saturated heterocycles. The molecule has 0 aliphatic rings. The minimum atomic E-state index is 0.357. The van der Waals surface area contributed by atoms with Crippen molar-refractivity contribution in [2.45, 2.75) is 11.8 Å². The normalized spacial score (nSPS) is 10.2. The van der Waals surface area contributed by atoms with Crippen LogP contribution in [-0.2, 0) is 6.67 Å². The number of hydrogen-bond donors (Lipinski definition) is 0. The molecule has 1 aromatic heterocycles. The summed E-state index contributed by atoms with van der Waals surface area (Å²) in [6, 6.07) is 22.4. The first-order valence-corrected chi connectivity index (χ1v) is 8.12. The van der Waals surface area contributed by atoms with Gasteiger partial charge in [0.1, 0.15) is 13.0 Å². The molecular formula is C17H15N5S. The van der Waals surface area contributed by atoms with E-state index in [-0.39, 0.29) is 0 Å². The summed E-state index contributed by atoms with van der Waals surface area (Å²) in [6.45, 7) is 0.530. The number of thioether (sulfide) groups is 1. The Hall–Kier alpha value is -2.78. The molecule has 114 valence electrons. The Morgan fingerprint density at radius 2 is 1.61 bits per heavy atom. The number of anilines is 2. The molecule has 23 heavy (non-hydrogen) atoms. The Morgan fingerprint density at radius 3 is 2.17 bits per heavy atom. The van der Waals surface area contributed by atoms with Gasteiger partial charge in [0.25, 0.3) is 0 Å². The van der Waals surface area contributed by atoms with Crippen molar-refractivity contribution in [2.75, 3.05) is 10.7 Å². The van der Waals surface area contributed by atoms with Gasteiger partial charge in [-0.25, -0.2) is 9.67 Å². The quantitative estimate of drug-likeness (QED) is 0.648. The van der Waals surface area contributed by atoms with Crippen molar-refractivity contribution in [3.8, 4) is 6.07 Å². The Kier molecular flexibility index (Phi) is 4.92. The Labute approximate surface area is 139 Å². The van der Waals surface area contributed by atoms with Crippen LogP contribution in [0.25, 0.3) is 0 Å². The van der Waals surface area contributed by atoms with Gasteiger partial charge >= 0.3 is 0 Å². The maximum Gasteiger partial charge on any atom is 0.188 e. The third-order valence-corrected chi connectivity index (χ3v) is 4.10. The summed E-state index contributed by atoms with van der Waals surface area (Å²) in [5.41, 5.74) is 2.15. The SMILES string of the molecule is N#CCSc1ncnn1CN(c1ccccc1)c1ccccc1. The van der Waals surface area contributed by atoms with E-state index in [1.165, 1.54) is 18.1 Å². The van der Waals surface area contributed by atoms with Gasteiger partial charge in [-0.3, -0.25) is 0 Å². The van der Waals surface area contributed by atoms with Gasteiger partial charge < -0.3 is 4.90 Å². The summed E-state index contributed by atoms with van der Waals surface area (Å²) in [5.74, 6) is 0.357. The number of rotatable bonds is 6. The first-order chi connectivity index (χ1) is 11.4. The summed E-state index contributed by atoms with van der Waals surface area (Å²) in [4.78, 5) is 6.39. The van der Waals surface area contributed by atoms with Crippen LogP contribution in [0.15, 0.2) is 72.1 Å². The summed E-state index contributed by atoms with van der Waals surface area (Å²) < 4.78 is 1.81. The zero-order valence-electron chi connectivity index (χ0n) is 12.4. The number of aromatic nitrogens is 3. The molecule has 5 nitrogen and oxygen atoms in total. The van der Waals surface area contributed by atoms with E-state index < -0.39 is 0 Å². The van der Waals surface area contributed by atoms with E-state index in [0.717, 1.165) is 16.5 Å². The van der Waals surface area contributed by atoms with Crippen LogP contribution in [0.3, 0.4) is 0 Å². The lowest BCUT2D eigenvalue weighted by atomic mass is 10.2. The van der Waals surface area contributed by atoms with E-state index in [4.69, 9.17) is 5.26 Å². The average Bonchev–Trinajstić information content (AvgIpc) is 3.06. The number of hydrogen-bond acceptors (Lipinski definition) is 5. The zero-order valence-corrected chi connectivity index (χ0v) is 13.2. The second-order valence-corrected chi connectivity index (χ2v) is 5.67. The van der Waals surface area contributed by atoms with Crippen molar-refractivity contribution >= 4 is 23.1 Å². The Morgan fingerprint density at radius 1 is 1.00 bits per heavy atom. The van der Waals surface area contributed by atoms with Gasteiger partial charge in [-0.15, -0.1) is 0 Å². The predicted molar refractivity (Wildman–Crippen MR) is 91.4 cm³/mol. The highest BCUT2D eigenvalue weighted by atomic mass is 32.2. The van der Waals surface area contributed by atoms with Crippen molar-refractivity contribution in [2.24, 2.45) is 0 Å². The van der Waals surface area contributed by atoms with Crippen LogP contribution in [0, 0.1) is 11.3 Å². The highest BCUT2D eigenvalue weighted by Crippen LogP contribution is 2.26. The van der Waals surface area contributed by atoms with E-state index in [2.05, 4.69) is 45.3 Å².